The SMILES string of the molecule is COC(=O)C(Cc1cn(-c2cccc(C(F)(F)F)c2)nc1[N+](=O)[O-])NC(=O)OC(C)(C)C. The van der Waals surface area contributed by atoms with E-state index in [2.05, 4.69) is 15.2 Å². The van der Waals surface area contributed by atoms with Crippen LogP contribution in [0, 0.1) is 10.1 Å². The van der Waals surface area contributed by atoms with Gasteiger partial charge in [0.25, 0.3) is 0 Å². The molecular formula is C19H21F3N4O6. The lowest BCUT2D eigenvalue weighted by atomic mass is 10.1. The number of methoxy groups -OCH3 is 1. The van der Waals surface area contributed by atoms with Crippen molar-refractivity contribution in [2.75, 3.05) is 7.11 Å². The monoisotopic (exact) mass is 458 g/mol. The predicted molar refractivity (Wildman–Crippen MR) is 104 cm³/mol. The minimum Gasteiger partial charge on any atom is -0.467 e. The highest BCUT2D eigenvalue weighted by Gasteiger charge is 2.33. The summed E-state index contributed by atoms with van der Waals surface area (Å²) >= 11 is 0. The van der Waals surface area contributed by atoms with Gasteiger partial charge in [0.15, 0.2) is 0 Å². The summed E-state index contributed by atoms with van der Waals surface area (Å²) < 4.78 is 49.6. The molecule has 1 amide bonds. The number of aromatic nitrogens is 2. The summed E-state index contributed by atoms with van der Waals surface area (Å²) in [6.45, 7) is 4.80. The number of amides is 1. The van der Waals surface area contributed by atoms with Crippen LogP contribution in [-0.2, 0) is 26.9 Å². The first-order chi connectivity index (χ1) is 14.7. The molecule has 2 aromatic rings. The van der Waals surface area contributed by atoms with Gasteiger partial charge in [0.1, 0.15) is 11.6 Å². The number of nitro groups is 1. The van der Waals surface area contributed by atoms with Gasteiger partial charge in [-0.05, 0) is 43.9 Å². The quantitative estimate of drug-likeness (QED) is 0.399. The molecule has 174 valence electrons. The van der Waals surface area contributed by atoms with E-state index in [-0.39, 0.29) is 11.3 Å². The fourth-order valence-electron chi connectivity index (χ4n) is 2.66. The number of alkyl carbamates (subject to hydrolysis) is 1. The zero-order chi connectivity index (χ0) is 24.3. The molecule has 1 N–H and O–H groups in total. The Kier molecular flexibility index (Phi) is 7.11. The number of esters is 1. The fourth-order valence-corrected chi connectivity index (χ4v) is 2.66. The van der Waals surface area contributed by atoms with Crippen molar-refractivity contribution in [3.63, 3.8) is 0 Å². The second-order valence-corrected chi connectivity index (χ2v) is 7.65. The van der Waals surface area contributed by atoms with E-state index in [0.717, 1.165) is 36.2 Å². The molecule has 13 heteroatoms. The van der Waals surface area contributed by atoms with Gasteiger partial charge in [-0.25, -0.2) is 9.59 Å². The van der Waals surface area contributed by atoms with E-state index in [1.54, 1.807) is 20.8 Å². The van der Waals surface area contributed by atoms with E-state index in [1.807, 2.05) is 0 Å². The van der Waals surface area contributed by atoms with Crippen molar-refractivity contribution in [3.8, 4) is 5.69 Å². The first kappa shape index (κ1) is 24.6. The number of nitrogens with one attached hydrogen (secondary N) is 1. The van der Waals surface area contributed by atoms with Crippen molar-refractivity contribution < 1.29 is 37.2 Å². The second kappa shape index (κ2) is 9.24. The van der Waals surface area contributed by atoms with E-state index in [9.17, 15) is 32.9 Å². The van der Waals surface area contributed by atoms with E-state index >= 15 is 0 Å². The van der Waals surface area contributed by atoms with Gasteiger partial charge < -0.3 is 24.9 Å². The number of carbonyl (C=O) groups excluding carboxylic acids is 2. The first-order valence-electron chi connectivity index (χ1n) is 9.19. The Morgan fingerprint density at radius 2 is 1.94 bits per heavy atom. The number of ether oxygens (including phenoxy) is 2. The summed E-state index contributed by atoms with van der Waals surface area (Å²) in [5.74, 6) is -1.60. The number of alkyl halides is 3. The topological polar surface area (TPSA) is 126 Å². The summed E-state index contributed by atoms with van der Waals surface area (Å²) in [4.78, 5) is 34.8. The maximum atomic E-state index is 13.0. The van der Waals surface area contributed by atoms with Crippen molar-refractivity contribution in [1.82, 2.24) is 15.1 Å². The lowest BCUT2D eigenvalue weighted by Gasteiger charge is -2.22. The molecule has 0 aliphatic heterocycles. The maximum absolute atomic E-state index is 13.0. The molecule has 0 bridgehead atoms. The van der Waals surface area contributed by atoms with Crippen LogP contribution in [0.2, 0.25) is 0 Å². The van der Waals surface area contributed by atoms with Crippen LogP contribution >= 0.6 is 0 Å². The molecule has 1 aromatic carbocycles. The normalized spacial score (nSPS) is 12.7. The van der Waals surface area contributed by atoms with Crippen molar-refractivity contribution in [2.24, 2.45) is 0 Å². The Labute approximate surface area is 180 Å². The third kappa shape index (κ3) is 6.43. The highest BCUT2D eigenvalue weighted by molar-refractivity contribution is 5.81. The Morgan fingerprint density at radius 1 is 1.28 bits per heavy atom. The van der Waals surface area contributed by atoms with Crippen molar-refractivity contribution in [1.29, 1.82) is 0 Å². The number of hydrogen-bond donors (Lipinski definition) is 1. The van der Waals surface area contributed by atoms with Gasteiger partial charge >= 0.3 is 24.1 Å². The fraction of sp³-hybridized carbons (Fsp3) is 0.421. The summed E-state index contributed by atoms with van der Waals surface area (Å²) in [6.07, 6.45) is -4.88. The van der Waals surface area contributed by atoms with Gasteiger partial charge in [-0.1, -0.05) is 6.07 Å². The van der Waals surface area contributed by atoms with Crippen LogP contribution in [0.1, 0.15) is 31.9 Å². The van der Waals surface area contributed by atoms with Crippen LogP contribution in [0.25, 0.3) is 5.69 Å². The Morgan fingerprint density at radius 3 is 2.47 bits per heavy atom. The van der Waals surface area contributed by atoms with Gasteiger partial charge in [0.05, 0.1) is 35.2 Å². The highest BCUT2D eigenvalue weighted by atomic mass is 19.4. The first-order valence-corrected chi connectivity index (χ1v) is 9.19. The molecule has 32 heavy (non-hydrogen) atoms. The lowest BCUT2D eigenvalue weighted by Crippen LogP contribution is -2.45. The summed E-state index contributed by atoms with van der Waals surface area (Å²) in [5.41, 5.74) is -2.03. The molecule has 1 atom stereocenters. The molecule has 2 rings (SSSR count). The van der Waals surface area contributed by atoms with E-state index in [0.29, 0.717) is 0 Å². The molecule has 0 saturated heterocycles. The third-order valence-corrected chi connectivity index (χ3v) is 3.98. The number of nitrogens with zero attached hydrogens (tertiary/aromatic N) is 3. The van der Waals surface area contributed by atoms with Gasteiger partial charge in [-0.2, -0.15) is 13.2 Å². The minimum absolute atomic E-state index is 0.0797. The third-order valence-electron chi connectivity index (χ3n) is 3.98. The lowest BCUT2D eigenvalue weighted by molar-refractivity contribution is -0.390. The predicted octanol–water partition coefficient (Wildman–Crippen LogP) is 3.41. The van der Waals surface area contributed by atoms with Crippen LogP contribution in [0.3, 0.4) is 0 Å². The van der Waals surface area contributed by atoms with E-state index in [4.69, 9.17) is 4.74 Å². The summed E-state index contributed by atoms with van der Waals surface area (Å²) in [6, 6.07) is 2.67. The molecule has 0 saturated carbocycles. The molecule has 1 aromatic heterocycles. The number of hydrogen-bond acceptors (Lipinski definition) is 7. The molecule has 1 unspecified atom stereocenters. The molecule has 10 nitrogen and oxygen atoms in total. The minimum atomic E-state index is -4.62. The van der Waals surface area contributed by atoms with Gasteiger partial charge in [-0.3, -0.25) is 0 Å². The largest absolute Gasteiger partial charge is 0.467 e. The molecule has 0 spiro atoms. The highest BCUT2D eigenvalue weighted by Crippen LogP contribution is 2.31. The zero-order valence-corrected chi connectivity index (χ0v) is 17.6. The van der Waals surface area contributed by atoms with E-state index < -0.39 is 52.6 Å². The summed E-state index contributed by atoms with van der Waals surface area (Å²) in [5, 5.41) is 17.5. The zero-order valence-electron chi connectivity index (χ0n) is 17.6. The molecule has 0 fully saturated rings. The molecular weight excluding hydrogens is 437 g/mol. The average molecular weight is 458 g/mol. The van der Waals surface area contributed by atoms with Gasteiger partial charge in [0, 0.05) is 6.42 Å². The standard InChI is InChI=1S/C19H21F3N4O6/c1-18(2,3)32-17(28)23-14(16(27)31-4)8-11-10-25(24-15(11)26(29)30)13-7-5-6-12(9-13)19(20,21)22/h5-7,9-10,14H,8H2,1-4H3,(H,23,28). The molecule has 0 aliphatic rings. The van der Waals surface area contributed by atoms with Crippen LogP contribution < -0.4 is 5.32 Å². The van der Waals surface area contributed by atoms with E-state index in [1.165, 1.54) is 6.07 Å². The van der Waals surface area contributed by atoms with Crippen molar-refractivity contribution >= 4 is 17.9 Å². The van der Waals surface area contributed by atoms with Gasteiger partial charge in [-0.15, -0.1) is 4.68 Å². The molecule has 0 radical (unpaired) electrons. The number of benzene rings is 1. The second-order valence-electron chi connectivity index (χ2n) is 7.65. The Balaban J connectivity index is 2.39. The smallest absolute Gasteiger partial charge is 0.416 e. The molecule has 0 aliphatic carbocycles. The van der Waals surface area contributed by atoms with Crippen LogP contribution in [-0.4, -0.2) is 45.5 Å². The average Bonchev–Trinajstić information content (AvgIpc) is 3.09. The number of halogens is 3. The van der Waals surface area contributed by atoms with Crippen LogP contribution in [0.4, 0.5) is 23.8 Å². The molecule has 1 heterocycles. The Hall–Kier alpha value is -3.64. The Bertz CT molecular complexity index is 1010. The van der Waals surface area contributed by atoms with Gasteiger partial charge in [0.2, 0.25) is 0 Å². The summed E-state index contributed by atoms with van der Waals surface area (Å²) in [7, 11) is 1.06. The number of rotatable bonds is 6. The van der Waals surface area contributed by atoms with Crippen molar-refractivity contribution in [2.45, 2.75) is 45.0 Å². The van der Waals surface area contributed by atoms with Crippen LogP contribution in [0.5, 0.6) is 0 Å². The number of carbonyl (C=O) groups is 2. The van der Waals surface area contributed by atoms with Crippen LogP contribution in [0.15, 0.2) is 30.5 Å². The maximum Gasteiger partial charge on any atom is 0.416 e. The van der Waals surface area contributed by atoms with Crippen molar-refractivity contribution in [3.05, 3.63) is 51.7 Å².